The third kappa shape index (κ3) is 5.38. The molecule has 2 aromatic carbocycles. The lowest BCUT2D eigenvalue weighted by atomic mass is 10.1. The van der Waals surface area contributed by atoms with Gasteiger partial charge < -0.3 is 19.9 Å². The van der Waals surface area contributed by atoms with Crippen LogP contribution in [-0.4, -0.2) is 57.6 Å². The average Bonchev–Trinajstić information content (AvgIpc) is 3.01. The highest BCUT2D eigenvalue weighted by atomic mass is 16.5. The molecule has 0 saturated carbocycles. The van der Waals surface area contributed by atoms with Gasteiger partial charge in [-0.25, -0.2) is 4.98 Å². The van der Waals surface area contributed by atoms with Crippen molar-refractivity contribution in [1.82, 2.24) is 25.1 Å². The fourth-order valence-corrected chi connectivity index (χ4v) is 4.46. The van der Waals surface area contributed by atoms with Crippen molar-refractivity contribution in [1.29, 1.82) is 0 Å². The summed E-state index contributed by atoms with van der Waals surface area (Å²) in [6, 6.07) is 18.7. The van der Waals surface area contributed by atoms with E-state index in [1.165, 1.54) is 23.0 Å². The Hall–Kier alpha value is -5.09. The minimum atomic E-state index is -0.569. The number of fused-ring (bicyclic) bond motifs is 1. The number of pyridine rings is 2. The quantitative estimate of drug-likeness (QED) is 0.293. The molecule has 3 aromatic heterocycles. The van der Waals surface area contributed by atoms with Crippen LogP contribution in [-0.2, 0) is 6.42 Å². The predicted octanol–water partition coefficient (Wildman–Crippen LogP) is 3.19. The second kappa shape index (κ2) is 11.7. The Bertz CT molecular complexity index is 1720. The maximum absolute atomic E-state index is 13.4. The van der Waals surface area contributed by atoms with E-state index in [9.17, 15) is 14.7 Å². The number of carbonyl (C=O) groups is 1. The highest BCUT2D eigenvalue weighted by Gasteiger charge is 2.18. The molecule has 40 heavy (non-hydrogen) atoms. The molecule has 0 bridgehead atoms. The Morgan fingerprint density at radius 1 is 0.975 bits per heavy atom. The number of ether oxygens (including phenoxy) is 2. The van der Waals surface area contributed by atoms with Gasteiger partial charge in [-0.3, -0.25) is 14.6 Å². The maximum atomic E-state index is 13.4. The standard InChI is InChI=1S/C30H27N5O5/c1-39-25-10-9-19(15-26(25)40-2)14-22(18-36)33-29(37)20-11-13-32-27(16-20)35-30(38)24-8-4-3-7-23(24)28(34-35)21-6-5-12-31-17-21/h3-13,15-17,22,36H,14,18H2,1-2H3,(H,33,37)/t22-/m0/s1. The maximum Gasteiger partial charge on any atom is 0.280 e. The Morgan fingerprint density at radius 2 is 1.77 bits per heavy atom. The number of methoxy groups -OCH3 is 2. The van der Waals surface area contributed by atoms with E-state index in [4.69, 9.17) is 9.47 Å². The SMILES string of the molecule is COc1ccc(C[C@@H](CO)NC(=O)c2ccnc(-n3nc(-c4cccnc4)c4ccccc4c3=O)c2)cc1OC. The normalized spacial score (nSPS) is 11.7. The van der Waals surface area contributed by atoms with E-state index in [-0.39, 0.29) is 23.5 Å². The number of carbonyl (C=O) groups excluding carboxylic acids is 1. The molecule has 2 N–H and O–H groups in total. The fraction of sp³-hybridized carbons (Fsp3) is 0.167. The molecule has 0 spiro atoms. The zero-order valence-electron chi connectivity index (χ0n) is 21.9. The number of aliphatic hydroxyl groups is 1. The number of aliphatic hydroxyl groups excluding tert-OH is 1. The summed E-state index contributed by atoms with van der Waals surface area (Å²) < 4.78 is 11.8. The minimum Gasteiger partial charge on any atom is -0.493 e. The Balaban J connectivity index is 1.45. The molecule has 0 unspecified atom stereocenters. The van der Waals surface area contributed by atoms with Crippen molar-refractivity contribution in [3.8, 4) is 28.6 Å². The van der Waals surface area contributed by atoms with E-state index < -0.39 is 11.9 Å². The van der Waals surface area contributed by atoms with Crippen molar-refractivity contribution >= 4 is 16.7 Å². The minimum absolute atomic E-state index is 0.189. The Morgan fingerprint density at radius 3 is 2.50 bits per heavy atom. The van der Waals surface area contributed by atoms with E-state index in [1.807, 2.05) is 24.3 Å². The number of hydrogen-bond acceptors (Lipinski definition) is 8. The van der Waals surface area contributed by atoms with E-state index in [2.05, 4.69) is 20.4 Å². The highest BCUT2D eigenvalue weighted by molar-refractivity contribution is 5.95. The average molecular weight is 538 g/mol. The second-order valence-electron chi connectivity index (χ2n) is 9.00. The summed E-state index contributed by atoms with van der Waals surface area (Å²) in [5.41, 5.74) is 2.05. The Labute approximate surface area is 229 Å². The summed E-state index contributed by atoms with van der Waals surface area (Å²) in [4.78, 5) is 35.1. The van der Waals surface area contributed by atoms with Crippen molar-refractivity contribution in [2.24, 2.45) is 0 Å². The van der Waals surface area contributed by atoms with Gasteiger partial charge in [0.1, 0.15) is 5.69 Å². The summed E-state index contributed by atoms with van der Waals surface area (Å²) in [5.74, 6) is 0.906. The molecule has 0 fully saturated rings. The van der Waals surface area contributed by atoms with Gasteiger partial charge in [0.25, 0.3) is 11.5 Å². The van der Waals surface area contributed by atoms with E-state index >= 15 is 0 Å². The van der Waals surface area contributed by atoms with Crippen molar-refractivity contribution in [2.45, 2.75) is 12.5 Å². The summed E-state index contributed by atoms with van der Waals surface area (Å²) in [5, 5.41) is 18.6. The van der Waals surface area contributed by atoms with E-state index in [0.29, 0.717) is 34.4 Å². The topological polar surface area (TPSA) is 128 Å². The summed E-state index contributed by atoms with van der Waals surface area (Å²) in [7, 11) is 3.10. The van der Waals surface area contributed by atoms with Gasteiger partial charge in [0.15, 0.2) is 17.3 Å². The molecular weight excluding hydrogens is 510 g/mol. The first kappa shape index (κ1) is 26.5. The molecular formula is C30H27N5O5. The van der Waals surface area contributed by atoms with Gasteiger partial charge in [0.2, 0.25) is 0 Å². The first-order valence-corrected chi connectivity index (χ1v) is 12.5. The van der Waals surface area contributed by atoms with Gasteiger partial charge in [-0.1, -0.05) is 24.3 Å². The van der Waals surface area contributed by atoms with Crippen molar-refractivity contribution in [3.63, 3.8) is 0 Å². The third-order valence-electron chi connectivity index (χ3n) is 6.45. The third-order valence-corrected chi connectivity index (χ3v) is 6.45. The summed E-state index contributed by atoms with van der Waals surface area (Å²) in [6.07, 6.45) is 5.14. The first-order valence-electron chi connectivity index (χ1n) is 12.5. The lowest BCUT2D eigenvalue weighted by Gasteiger charge is -2.18. The van der Waals surface area contributed by atoms with Crippen LogP contribution in [0.1, 0.15) is 15.9 Å². The first-order chi connectivity index (χ1) is 19.5. The van der Waals surface area contributed by atoms with Crippen LogP contribution >= 0.6 is 0 Å². The summed E-state index contributed by atoms with van der Waals surface area (Å²) >= 11 is 0. The number of benzene rings is 2. The van der Waals surface area contributed by atoms with Crippen molar-refractivity contribution in [3.05, 3.63) is 107 Å². The molecule has 5 rings (SSSR count). The van der Waals surface area contributed by atoms with Gasteiger partial charge >= 0.3 is 0 Å². The molecule has 0 radical (unpaired) electrons. The molecule has 202 valence electrons. The van der Waals surface area contributed by atoms with Crippen molar-refractivity contribution < 1.29 is 19.4 Å². The van der Waals surface area contributed by atoms with Crippen molar-refractivity contribution in [2.75, 3.05) is 20.8 Å². The predicted molar refractivity (Wildman–Crippen MR) is 150 cm³/mol. The molecule has 0 saturated heterocycles. The van der Waals surface area contributed by atoms with Gasteiger partial charge in [-0.15, -0.1) is 0 Å². The fourth-order valence-electron chi connectivity index (χ4n) is 4.46. The van der Waals surface area contributed by atoms with Crippen LogP contribution in [0.15, 0.2) is 90.1 Å². The molecule has 10 heteroatoms. The van der Waals surface area contributed by atoms with Gasteiger partial charge in [0, 0.05) is 35.1 Å². The van der Waals surface area contributed by atoms with Crippen LogP contribution in [0.4, 0.5) is 0 Å². The molecule has 10 nitrogen and oxygen atoms in total. The van der Waals surface area contributed by atoms with Gasteiger partial charge in [0.05, 0.1) is 32.3 Å². The lowest BCUT2D eigenvalue weighted by Crippen LogP contribution is -2.39. The molecule has 1 amide bonds. The zero-order chi connectivity index (χ0) is 28.1. The number of amides is 1. The molecule has 3 heterocycles. The second-order valence-corrected chi connectivity index (χ2v) is 9.00. The molecule has 0 aliphatic rings. The van der Waals surface area contributed by atoms with Crippen LogP contribution in [0.5, 0.6) is 11.5 Å². The van der Waals surface area contributed by atoms with E-state index in [1.54, 1.807) is 56.9 Å². The van der Waals surface area contributed by atoms with Crippen LogP contribution < -0.4 is 20.3 Å². The van der Waals surface area contributed by atoms with Crippen LogP contribution in [0, 0.1) is 0 Å². The monoisotopic (exact) mass is 537 g/mol. The number of nitrogens with one attached hydrogen (secondary N) is 1. The zero-order valence-corrected chi connectivity index (χ0v) is 21.9. The number of nitrogens with zero attached hydrogens (tertiary/aromatic N) is 4. The molecule has 0 aliphatic carbocycles. The molecule has 1 atom stereocenters. The van der Waals surface area contributed by atoms with Crippen LogP contribution in [0.25, 0.3) is 27.8 Å². The largest absolute Gasteiger partial charge is 0.493 e. The van der Waals surface area contributed by atoms with Gasteiger partial charge in [-0.05, 0) is 54.4 Å². The van der Waals surface area contributed by atoms with Gasteiger partial charge in [-0.2, -0.15) is 9.78 Å². The lowest BCUT2D eigenvalue weighted by molar-refractivity contribution is 0.0916. The number of rotatable bonds is 9. The summed E-state index contributed by atoms with van der Waals surface area (Å²) in [6.45, 7) is -0.280. The van der Waals surface area contributed by atoms with E-state index in [0.717, 1.165) is 11.1 Å². The number of hydrogen-bond donors (Lipinski definition) is 2. The molecule has 5 aromatic rings. The van der Waals surface area contributed by atoms with Crippen LogP contribution in [0.2, 0.25) is 0 Å². The highest BCUT2D eigenvalue weighted by Crippen LogP contribution is 2.28. The molecule has 0 aliphatic heterocycles. The van der Waals surface area contributed by atoms with Crippen LogP contribution in [0.3, 0.4) is 0 Å². The number of aromatic nitrogens is 4. The Kier molecular flexibility index (Phi) is 7.79. The smallest absolute Gasteiger partial charge is 0.280 e.